The number of aromatic nitrogens is 1. The number of nitrogens with one attached hydrogen (secondary N) is 1. The first-order chi connectivity index (χ1) is 9.95. The number of aliphatic carboxylic acids is 1. The monoisotopic (exact) mass is 304 g/mol. The zero-order chi connectivity index (χ0) is 15.5. The third-order valence-corrected chi connectivity index (χ3v) is 4.20. The Bertz CT molecular complexity index is 654. The summed E-state index contributed by atoms with van der Waals surface area (Å²) in [6, 6.07) is 8.89. The van der Waals surface area contributed by atoms with Gasteiger partial charge in [-0.3, -0.25) is 9.59 Å². The average Bonchev–Trinajstić information content (AvgIpc) is 2.91. The van der Waals surface area contributed by atoms with Crippen LogP contribution in [0.5, 0.6) is 0 Å². The molecule has 1 amide bonds. The molecule has 0 aliphatic heterocycles. The number of nitrogens with zero attached hydrogens (tertiary/aromatic N) is 1. The molecular formula is C15H16N2O3S. The van der Waals surface area contributed by atoms with Gasteiger partial charge in [-0.2, -0.15) is 4.37 Å². The molecule has 0 fully saturated rings. The summed E-state index contributed by atoms with van der Waals surface area (Å²) >= 11 is 1.20. The van der Waals surface area contributed by atoms with Crippen LogP contribution in [0, 0.1) is 6.92 Å². The number of aryl methyl sites for hydroxylation is 1. The van der Waals surface area contributed by atoms with Gasteiger partial charge in [0.25, 0.3) is 5.91 Å². The fourth-order valence-corrected chi connectivity index (χ4v) is 2.66. The van der Waals surface area contributed by atoms with E-state index in [4.69, 9.17) is 0 Å². The van der Waals surface area contributed by atoms with Crippen molar-refractivity contribution in [1.29, 1.82) is 0 Å². The SMILES string of the molecule is Cc1nscc1C(=O)NCC(C)(C(=O)O)c1ccccc1. The van der Waals surface area contributed by atoms with Crippen LogP contribution >= 0.6 is 11.5 Å². The van der Waals surface area contributed by atoms with Gasteiger partial charge in [0.15, 0.2) is 0 Å². The summed E-state index contributed by atoms with van der Waals surface area (Å²) in [6.07, 6.45) is 0. The van der Waals surface area contributed by atoms with Crippen molar-refractivity contribution in [2.24, 2.45) is 0 Å². The predicted molar refractivity (Wildman–Crippen MR) is 80.6 cm³/mol. The minimum absolute atomic E-state index is 0.0144. The Morgan fingerprint density at radius 1 is 1.33 bits per heavy atom. The van der Waals surface area contributed by atoms with Crippen LogP contribution in [0.25, 0.3) is 0 Å². The van der Waals surface area contributed by atoms with Gasteiger partial charge in [0.1, 0.15) is 5.41 Å². The molecule has 0 aliphatic rings. The van der Waals surface area contributed by atoms with Gasteiger partial charge in [0, 0.05) is 11.9 Å². The highest BCUT2D eigenvalue weighted by molar-refractivity contribution is 7.03. The second-order valence-electron chi connectivity index (χ2n) is 5.00. The van der Waals surface area contributed by atoms with Gasteiger partial charge in [-0.25, -0.2) is 0 Å². The first-order valence-electron chi connectivity index (χ1n) is 6.43. The van der Waals surface area contributed by atoms with Gasteiger partial charge in [-0.05, 0) is 30.9 Å². The summed E-state index contributed by atoms with van der Waals surface area (Å²) in [5.74, 6) is -1.28. The number of hydrogen-bond acceptors (Lipinski definition) is 4. The molecule has 0 aliphatic carbocycles. The zero-order valence-corrected chi connectivity index (χ0v) is 12.6. The lowest BCUT2D eigenvalue weighted by molar-refractivity contribution is -0.142. The fraction of sp³-hybridized carbons (Fsp3) is 0.267. The summed E-state index contributed by atoms with van der Waals surface area (Å²) < 4.78 is 4.04. The van der Waals surface area contributed by atoms with Crippen molar-refractivity contribution in [3.8, 4) is 0 Å². The van der Waals surface area contributed by atoms with Gasteiger partial charge >= 0.3 is 5.97 Å². The van der Waals surface area contributed by atoms with Crippen LogP contribution in [0.3, 0.4) is 0 Å². The molecule has 2 rings (SSSR count). The Morgan fingerprint density at radius 3 is 2.52 bits per heavy atom. The molecule has 0 spiro atoms. The Balaban J connectivity index is 2.17. The van der Waals surface area contributed by atoms with Crippen molar-refractivity contribution in [3.63, 3.8) is 0 Å². The molecule has 2 aromatic rings. The van der Waals surface area contributed by atoms with E-state index < -0.39 is 11.4 Å². The number of hydrogen-bond donors (Lipinski definition) is 2. The highest BCUT2D eigenvalue weighted by atomic mass is 32.1. The van der Waals surface area contributed by atoms with Gasteiger partial charge < -0.3 is 10.4 Å². The van der Waals surface area contributed by atoms with Gasteiger partial charge in [0.05, 0.1) is 11.3 Å². The van der Waals surface area contributed by atoms with Crippen LogP contribution in [0.15, 0.2) is 35.7 Å². The molecule has 1 atom stereocenters. The maximum absolute atomic E-state index is 12.1. The molecule has 110 valence electrons. The highest BCUT2D eigenvalue weighted by Crippen LogP contribution is 2.23. The second-order valence-corrected chi connectivity index (χ2v) is 5.63. The molecule has 6 heteroatoms. The molecule has 1 aromatic carbocycles. The number of carbonyl (C=O) groups is 2. The Morgan fingerprint density at radius 2 is 2.00 bits per heavy atom. The van der Waals surface area contributed by atoms with Gasteiger partial charge in [-0.1, -0.05) is 30.3 Å². The molecule has 0 bridgehead atoms. The highest BCUT2D eigenvalue weighted by Gasteiger charge is 2.35. The number of carboxylic acids is 1. The van der Waals surface area contributed by atoms with Gasteiger partial charge in [-0.15, -0.1) is 0 Å². The van der Waals surface area contributed by atoms with Crippen molar-refractivity contribution < 1.29 is 14.7 Å². The standard InChI is InChI=1S/C15H16N2O3S/c1-10-12(8-21-17-10)13(18)16-9-15(2,14(19)20)11-6-4-3-5-7-11/h3-8H,9H2,1-2H3,(H,16,18)(H,19,20). The molecule has 2 N–H and O–H groups in total. The lowest BCUT2D eigenvalue weighted by Gasteiger charge is -2.25. The number of carboxylic acid groups (broad SMARTS) is 1. The van der Waals surface area contributed by atoms with Crippen molar-refractivity contribution >= 4 is 23.4 Å². The largest absolute Gasteiger partial charge is 0.481 e. The molecule has 5 nitrogen and oxygen atoms in total. The summed E-state index contributed by atoms with van der Waals surface area (Å²) in [6.45, 7) is 3.36. The normalized spacial score (nSPS) is 13.4. The van der Waals surface area contributed by atoms with E-state index in [1.807, 2.05) is 6.07 Å². The Kier molecular flexibility index (Phi) is 4.37. The van der Waals surface area contributed by atoms with Crippen LogP contribution in [0.4, 0.5) is 0 Å². The van der Waals surface area contributed by atoms with Crippen LogP contribution < -0.4 is 5.32 Å². The van der Waals surface area contributed by atoms with E-state index in [0.29, 0.717) is 16.8 Å². The summed E-state index contributed by atoms with van der Waals surface area (Å²) in [5.41, 5.74) is 0.613. The maximum Gasteiger partial charge on any atom is 0.315 e. The molecule has 1 aromatic heterocycles. The molecule has 1 heterocycles. The topological polar surface area (TPSA) is 79.3 Å². The summed E-state index contributed by atoms with van der Waals surface area (Å²) in [5, 5.41) is 13.9. The summed E-state index contributed by atoms with van der Waals surface area (Å²) in [4.78, 5) is 23.7. The summed E-state index contributed by atoms with van der Waals surface area (Å²) in [7, 11) is 0. The second kappa shape index (κ2) is 6.05. The van der Waals surface area contributed by atoms with Crippen LogP contribution in [-0.4, -0.2) is 27.9 Å². The minimum Gasteiger partial charge on any atom is -0.481 e. The molecule has 0 saturated heterocycles. The molecule has 0 saturated carbocycles. The van der Waals surface area contributed by atoms with E-state index in [0.717, 1.165) is 0 Å². The first-order valence-corrected chi connectivity index (χ1v) is 7.27. The van der Waals surface area contributed by atoms with E-state index in [1.165, 1.54) is 11.5 Å². The first kappa shape index (κ1) is 15.2. The molecular weight excluding hydrogens is 288 g/mol. The Hall–Kier alpha value is -2.21. The number of carbonyl (C=O) groups excluding carboxylic acids is 1. The van der Waals surface area contributed by atoms with Crippen LogP contribution in [0.2, 0.25) is 0 Å². The van der Waals surface area contributed by atoms with Gasteiger partial charge in [0.2, 0.25) is 0 Å². The third-order valence-electron chi connectivity index (χ3n) is 3.48. The fourth-order valence-electron chi connectivity index (χ4n) is 1.97. The zero-order valence-electron chi connectivity index (χ0n) is 11.8. The van der Waals surface area contributed by atoms with Crippen molar-refractivity contribution in [2.75, 3.05) is 6.54 Å². The molecule has 1 unspecified atom stereocenters. The van der Waals surface area contributed by atoms with E-state index in [2.05, 4.69) is 9.69 Å². The quantitative estimate of drug-likeness (QED) is 0.887. The smallest absolute Gasteiger partial charge is 0.315 e. The van der Waals surface area contributed by atoms with E-state index in [1.54, 1.807) is 43.5 Å². The lowest BCUT2D eigenvalue weighted by Crippen LogP contribution is -2.44. The number of amides is 1. The van der Waals surface area contributed by atoms with Crippen molar-refractivity contribution in [1.82, 2.24) is 9.69 Å². The lowest BCUT2D eigenvalue weighted by atomic mass is 9.82. The van der Waals surface area contributed by atoms with E-state index in [-0.39, 0.29) is 12.5 Å². The average molecular weight is 304 g/mol. The van der Waals surface area contributed by atoms with Crippen molar-refractivity contribution in [3.05, 3.63) is 52.5 Å². The van der Waals surface area contributed by atoms with E-state index >= 15 is 0 Å². The third kappa shape index (κ3) is 3.11. The van der Waals surface area contributed by atoms with Crippen molar-refractivity contribution in [2.45, 2.75) is 19.3 Å². The predicted octanol–water partition coefficient (Wildman–Crippen LogP) is 2.22. The van der Waals surface area contributed by atoms with E-state index in [9.17, 15) is 14.7 Å². The number of benzene rings is 1. The van der Waals surface area contributed by atoms with Crippen LogP contribution in [-0.2, 0) is 10.2 Å². The Labute approximate surface area is 126 Å². The van der Waals surface area contributed by atoms with Crippen LogP contribution in [0.1, 0.15) is 28.5 Å². The number of rotatable bonds is 5. The minimum atomic E-state index is -1.17. The molecule has 21 heavy (non-hydrogen) atoms. The maximum atomic E-state index is 12.1. The molecule has 0 radical (unpaired) electrons.